The molecule has 0 aromatic heterocycles. The van der Waals surface area contributed by atoms with Gasteiger partial charge in [0.25, 0.3) is 0 Å². The quantitative estimate of drug-likeness (QED) is 0.127. The monoisotopic (exact) mass is 550 g/mol. The van der Waals surface area contributed by atoms with E-state index in [4.69, 9.17) is 18.9 Å². The zero-order valence-electron chi connectivity index (χ0n) is 19.9. The van der Waals surface area contributed by atoms with Gasteiger partial charge >= 0.3 is 0 Å². The van der Waals surface area contributed by atoms with Crippen LogP contribution in [0.4, 0.5) is 0 Å². The van der Waals surface area contributed by atoms with Gasteiger partial charge in [-0.15, -0.1) is 0 Å². The summed E-state index contributed by atoms with van der Waals surface area (Å²) >= 11 is 0. The summed E-state index contributed by atoms with van der Waals surface area (Å²) in [5, 5.41) is 52.5. The summed E-state index contributed by atoms with van der Waals surface area (Å²) < 4.78 is 38.8. The molecule has 17 nitrogen and oxygen atoms in total. The Hall–Kier alpha value is -0.410. The molecule has 2 heterocycles. The number of nitrogens with two attached hydrogens (primary N) is 1. The van der Waals surface area contributed by atoms with E-state index in [0.29, 0.717) is 0 Å². The number of aliphatic hydroxyl groups is 5. The average molecular weight is 550 g/mol. The van der Waals surface area contributed by atoms with Gasteiger partial charge in [-0.1, -0.05) is 0 Å². The molecule has 2 aliphatic heterocycles. The first-order chi connectivity index (χ1) is 16.8. The minimum Gasteiger partial charge on any atom is -0.790 e. The number of hydrogen-bond acceptors (Lipinski definition) is 13. The second kappa shape index (κ2) is 12.2. The minimum atomic E-state index is -5.50. The second-order valence-corrected chi connectivity index (χ2v) is 10.6. The van der Waals surface area contributed by atoms with Crippen molar-refractivity contribution in [2.24, 2.45) is 0 Å². The summed E-state index contributed by atoms with van der Waals surface area (Å²) in [6.45, 7) is -0.838. The fraction of sp³-hybridized carbons (Fsp3) is 1.00. The summed E-state index contributed by atoms with van der Waals surface area (Å²) in [6.07, 6.45) is -12.5. The number of rotatable bonds is 8. The first kappa shape index (κ1) is 30.1. The lowest BCUT2D eigenvalue weighted by atomic mass is 9.84. The van der Waals surface area contributed by atoms with Crippen LogP contribution in [0.3, 0.4) is 0 Å². The van der Waals surface area contributed by atoms with Crippen LogP contribution >= 0.6 is 7.82 Å². The molecule has 0 radical (unpaired) electrons. The minimum absolute atomic E-state index is 0.244. The zero-order chi connectivity index (χ0) is 26.9. The van der Waals surface area contributed by atoms with Crippen LogP contribution in [0.1, 0.15) is 6.42 Å². The number of likely N-dealkylation sites (N-methyl/N-ethyl adjacent to an activating group) is 1. The predicted octanol–water partition coefficient (Wildman–Crippen LogP) is -10.7. The maximum atomic E-state index is 11.4. The molecule has 3 rings (SSSR count). The molecule has 1 saturated carbocycles. The summed E-state index contributed by atoms with van der Waals surface area (Å²) in [5.74, 6) is 0. The van der Waals surface area contributed by atoms with Gasteiger partial charge in [-0.25, -0.2) is 0 Å². The molecular formula is C18H39N4O13P+2. The van der Waals surface area contributed by atoms with E-state index in [-0.39, 0.29) is 13.0 Å². The van der Waals surface area contributed by atoms with Gasteiger partial charge < -0.3 is 85.9 Å². The highest BCUT2D eigenvalue weighted by Gasteiger charge is 2.54. The van der Waals surface area contributed by atoms with Crippen molar-refractivity contribution in [3.63, 3.8) is 0 Å². The first-order valence-electron chi connectivity index (χ1n) is 11.7. The number of quaternary nitrogens is 4. The van der Waals surface area contributed by atoms with Crippen molar-refractivity contribution >= 4 is 7.82 Å². The predicted molar refractivity (Wildman–Crippen MR) is 108 cm³/mol. The van der Waals surface area contributed by atoms with Crippen LogP contribution in [0.15, 0.2) is 0 Å². The zero-order valence-corrected chi connectivity index (χ0v) is 20.7. The molecule has 3 aliphatic rings. The lowest BCUT2D eigenvalue weighted by molar-refractivity contribution is -0.687. The Morgan fingerprint density at radius 3 is 2.08 bits per heavy atom. The third-order valence-electron chi connectivity index (χ3n) is 6.96. The Balaban J connectivity index is 1.77. The van der Waals surface area contributed by atoms with Crippen molar-refractivity contribution in [2.45, 2.75) is 92.0 Å². The highest BCUT2D eigenvalue weighted by molar-refractivity contribution is 7.43. The highest BCUT2D eigenvalue weighted by atomic mass is 31.2. The number of aliphatic hydroxyl groups excluding tert-OH is 5. The van der Waals surface area contributed by atoms with Gasteiger partial charge in [0, 0.05) is 0 Å². The van der Waals surface area contributed by atoms with Crippen LogP contribution in [-0.4, -0.2) is 131 Å². The highest BCUT2D eigenvalue weighted by Crippen LogP contribution is 2.34. The summed E-state index contributed by atoms with van der Waals surface area (Å²) in [5.41, 5.74) is 11.7. The Morgan fingerprint density at radius 1 is 0.972 bits per heavy atom. The summed E-state index contributed by atoms with van der Waals surface area (Å²) in [4.78, 5) is 22.7. The van der Waals surface area contributed by atoms with Gasteiger partial charge in [0.2, 0.25) is 6.29 Å². The van der Waals surface area contributed by atoms with Crippen LogP contribution < -0.4 is 32.3 Å². The molecule has 0 aromatic rings. The third kappa shape index (κ3) is 6.59. The normalized spacial score (nSPS) is 48.6. The molecule has 0 unspecified atom stereocenters. The molecule has 1 aliphatic carbocycles. The number of phosphoric ester groups is 1. The smallest absolute Gasteiger partial charge is 0.214 e. The molecule has 18 heteroatoms. The van der Waals surface area contributed by atoms with Gasteiger partial charge in [0.05, 0.1) is 34.5 Å². The van der Waals surface area contributed by atoms with Crippen LogP contribution in [0.25, 0.3) is 0 Å². The van der Waals surface area contributed by atoms with E-state index in [2.05, 4.69) is 21.7 Å². The summed E-state index contributed by atoms with van der Waals surface area (Å²) in [7, 11) is -3.95. The lowest BCUT2D eigenvalue weighted by Gasteiger charge is -2.46. The lowest BCUT2D eigenvalue weighted by Crippen LogP contribution is -2.94. The van der Waals surface area contributed by atoms with E-state index < -0.39 is 100 Å². The molecule has 0 amide bonds. The van der Waals surface area contributed by atoms with Crippen LogP contribution in [0, 0.1) is 0 Å². The van der Waals surface area contributed by atoms with E-state index in [9.17, 15) is 39.9 Å². The number of phosphoric acid groups is 1. The van der Waals surface area contributed by atoms with Crippen molar-refractivity contribution in [3.8, 4) is 0 Å². The number of hydrogen-bond donors (Lipinski definition) is 9. The topological polar surface area (TPSA) is 310 Å². The van der Waals surface area contributed by atoms with E-state index in [1.54, 1.807) is 7.05 Å². The average Bonchev–Trinajstić information content (AvgIpc) is 2.79. The van der Waals surface area contributed by atoms with E-state index in [0.717, 1.165) is 0 Å². The van der Waals surface area contributed by atoms with Crippen LogP contribution in [0.5, 0.6) is 0 Å². The molecule has 36 heavy (non-hydrogen) atoms. The van der Waals surface area contributed by atoms with E-state index in [1.807, 2.05) is 0 Å². The molecule has 212 valence electrons. The first-order valence-corrected chi connectivity index (χ1v) is 13.1. The van der Waals surface area contributed by atoms with Crippen LogP contribution in [0.2, 0.25) is 0 Å². The largest absolute Gasteiger partial charge is 0.790 e. The maximum absolute atomic E-state index is 11.4. The maximum Gasteiger partial charge on any atom is 0.214 e. The van der Waals surface area contributed by atoms with Gasteiger partial charge in [0.1, 0.15) is 60.9 Å². The van der Waals surface area contributed by atoms with Gasteiger partial charge in [-0.3, -0.25) is 0 Å². The van der Waals surface area contributed by atoms with Crippen molar-refractivity contribution in [1.82, 2.24) is 0 Å². The van der Waals surface area contributed by atoms with Gasteiger partial charge in [0.15, 0.2) is 18.4 Å². The van der Waals surface area contributed by atoms with Crippen molar-refractivity contribution in [1.29, 1.82) is 0 Å². The van der Waals surface area contributed by atoms with E-state index >= 15 is 0 Å². The van der Waals surface area contributed by atoms with Crippen molar-refractivity contribution in [2.75, 3.05) is 20.3 Å². The Labute approximate surface area is 206 Å². The van der Waals surface area contributed by atoms with E-state index in [1.165, 1.54) is 5.32 Å². The molecule has 2 saturated heterocycles. The molecule has 3 fully saturated rings. The Bertz CT molecular complexity index is 765. The summed E-state index contributed by atoms with van der Waals surface area (Å²) in [6, 6.07) is -2.99. The SMILES string of the molecule is C[NH2+][C@@H]1[C@@H](OP(=O)([O-])[O-])[C@@H](O[C@@H]2[C@@H](O)[C@H](O[C@H]3O[C@H](CO)[C@@H](O)[C@H](O)[C@H]3[NH3+])[C@@H]([NH3+])C[C@H]2[NH3+])OC[C@H]1O. The van der Waals surface area contributed by atoms with Gasteiger partial charge in [-0.2, -0.15) is 0 Å². The Kier molecular flexibility index (Phi) is 10.2. The Morgan fingerprint density at radius 2 is 1.56 bits per heavy atom. The fourth-order valence-corrected chi connectivity index (χ4v) is 5.50. The molecule has 0 aromatic carbocycles. The molecule has 14 atom stereocenters. The number of ether oxygens (including phenoxy) is 4. The molecular weight excluding hydrogens is 511 g/mol. The molecule has 0 spiro atoms. The van der Waals surface area contributed by atoms with Crippen molar-refractivity contribution < 1.29 is 85.9 Å². The van der Waals surface area contributed by atoms with Crippen LogP contribution in [-0.2, 0) is 28.0 Å². The fourth-order valence-electron chi connectivity index (χ4n) is 4.96. The standard InChI is InChI=1S/C18H37N4O13P/c1-22-10-7(24)4-31-18(16(10)35-36(28,29)30)34-15-6(20)2-5(19)14(13(15)27)33-17-9(21)12(26)11(25)8(3-23)32-17/h5-18,22-27H,2-4,19-21H2,1H3,(H2,28,29,30)/p+2/t5-,6+,7+,8+,9+,10-,11+,12+,13-,14+,15-,16+,17+,18+/m0/s1. The molecule has 16 N–H and O–H groups in total. The third-order valence-corrected chi connectivity index (χ3v) is 7.46. The van der Waals surface area contributed by atoms with Gasteiger partial charge in [-0.05, 0) is 0 Å². The molecule has 0 bridgehead atoms. The van der Waals surface area contributed by atoms with Crippen molar-refractivity contribution in [3.05, 3.63) is 0 Å². The second-order valence-electron chi connectivity index (χ2n) is 9.52.